The van der Waals surface area contributed by atoms with E-state index >= 15 is 0 Å². The van der Waals surface area contributed by atoms with E-state index in [4.69, 9.17) is 0 Å². The van der Waals surface area contributed by atoms with Crippen LogP contribution >= 0.6 is 11.3 Å². The van der Waals surface area contributed by atoms with Crippen LogP contribution in [-0.4, -0.2) is 31.4 Å². The number of Topliss-reactive ketones (excluding diaryl/α,β-unsaturated/α-hetero) is 1. The molecule has 1 amide bonds. The number of nitrogens with zero attached hydrogens (tertiary/aromatic N) is 4. The summed E-state index contributed by atoms with van der Waals surface area (Å²) in [6.45, 7) is 3.15. The van der Waals surface area contributed by atoms with Crippen LogP contribution in [0.2, 0.25) is 0 Å². The number of rotatable bonds is 5. The van der Waals surface area contributed by atoms with Crippen molar-refractivity contribution in [3.8, 4) is 16.9 Å². The number of hydrogen-bond donors (Lipinski definition) is 1. The summed E-state index contributed by atoms with van der Waals surface area (Å²) in [6, 6.07) is 15.0. The first-order chi connectivity index (χ1) is 14.4. The number of carbonyl (C=O) groups excluding carboxylic acids is 2. The van der Waals surface area contributed by atoms with Gasteiger partial charge in [0.25, 0.3) is 5.91 Å². The van der Waals surface area contributed by atoms with Gasteiger partial charge in [-0.05, 0) is 31.2 Å². The van der Waals surface area contributed by atoms with Gasteiger partial charge in [0.15, 0.2) is 10.9 Å². The van der Waals surface area contributed by atoms with Crippen LogP contribution in [0, 0.1) is 12.7 Å². The number of amides is 1. The highest BCUT2D eigenvalue weighted by molar-refractivity contribution is 7.18. The zero-order valence-corrected chi connectivity index (χ0v) is 16.9. The Hall–Kier alpha value is -3.72. The highest BCUT2D eigenvalue weighted by atomic mass is 32.1. The Morgan fingerprint density at radius 1 is 1.03 bits per heavy atom. The molecule has 2 aromatic heterocycles. The van der Waals surface area contributed by atoms with Gasteiger partial charge in [-0.2, -0.15) is 0 Å². The number of thiazole rings is 1. The van der Waals surface area contributed by atoms with Crippen LogP contribution in [0.25, 0.3) is 16.9 Å². The third-order valence-electron chi connectivity index (χ3n) is 4.26. The van der Waals surface area contributed by atoms with Gasteiger partial charge in [-0.3, -0.25) is 14.9 Å². The summed E-state index contributed by atoms with van der Waals surface area (Å²) in [5, 5.41) is 7.15. The third-order valence-corrected chi connectivity index (χ3v) is 5.33. The summed E-state index contributed by atoms with van der Waals surface area (Å²) in [7, 11) is 0. The average molecular weight is 421 g/mol. The molecular weight excluding hydrogens is 405 g/mol. The van der Waals surface area contributed by atoms with Crippen molar-refractivity contribution in [3.05, 3.63) is 76.9 Å². The van der Waals surface area contributed by atoms with Crippen molar-refractivity contribution < 1.29 is 14.0 Å². The SMILES string of the molecule is CC(=O)c1sc(NC(=O)c2nc(C)n(-c3ccc(F)cc3)n2)nc1-c1ccccc1. The molecule has 0 bridgehead atoms. The molecule has 0 radical (unpaired) electrons. The predicted molar refractivity (Wildman–Crippen MR) is 112 cm³/mol. The lowest BCUT2D eigenvalue weighted by Crippen LogP contribution is -2.14. The van der Waals surface area contributed by atoms with Crippen molar-refractivity contribution in [2.24, 2.45) is 0 Å². The highest BCUT2D eigenvalue weighted by Crippen LogP contribution is 2.31. The lowest BCUT2D eigenvalue weighted by molar-refractivity contribution is 0.101. The van der Waals surface area contributed by atoms with Crippen LogP contribution in [0.4, 0.5) is 9.52 Å². The first-order valence-electron chi connectivity index (χ1n) is 9.00. The zero-order chi connectivity index (χ0) is 21.3. The van der Waals surface area contributed by atoms with E-state index in [-0.39, 0.29) is 22.6 Å². The highest BCUT2D eigenvalue weighted by Gasteiger charge is 2.21. The first-order valence-corrected chi connectivity index (χ1v) is 9.82. The molecule has 4 aromatic rings. The topological polar surface area (TPSA) is 89.8 Å². The maximum absolute atomic E-state index is 13.2. The van der Waals surface area contributed by atoms with Crippen molar-refractivity contribution in [2.45, 2.75) is 13.8 Å². The third kappa shape index (κ3) is 3.87. The molecule has 0 saturated carbocycles. The minimum atomic E-state index is -0.553. The van der Waals surface area contributed by atoms with Crippen molar-refractivity contribution >= 4 is 28.2 Å². The molecular formula is C21H16FN5O2S. The Morgan fingerprint density at radius 3 is 2.40 bits per heavy atom. The van der Waals surface area contributed by atoms with E-state index in [1.54, 1.807) is 19.1 Å². The van der Waals surface area contributed by atoms with Gasteiger partial charge in [0.05, 0.1) is 16.3 Å². The quantitative estimate of drug-likeness (QED) is 0.486. The molecule has 1 N–H and O–H groups in total. The van der Waals surface area contributed by atoms with Crippen LogP contribution in [-0.2, 0) is 0 Å². The molecule has 30 heavy (non-hydrogen) atoms. The maximum atomic E-state index is 13.2. The van der Waals surface area contributed by atoms with Crippen LogP contribution < -0.4 is 5.32 Å². The van der Waals surface area contributed by atoms with E-state index < -0.39 is 5.91 Å². The van der Waals surface area contributed by atoms with Crippen LogP contribution in [0.15, 0.2) is 54.6 Å². The fourth-order valence-corrected chi connectivity index (χ4v) is 3.75. The van der Waals surface area contributed by atoms with Crippen molar-refractivity contribution in [1.82, 2.24) is 19.7 Å². The second kappa shape index (κ2) is 7.96. The molecule has 0 fully saturated rings. The van der Waals surface area contributed by atoms with E-state index in [1.807, 2.05) is 30.3 Å². The summed E-state index contributed by atoms with van der Waals surface area (Å²) in [6.07, 6.45) is 0. The largest absolute Gasteiger partial charge is 0.297 e. The molecule has 2 aromatic carbocycles. The van der Waals surface area contributed by atoms with Crippen LogP contribution in [0.1, 0.15) is 33.0 Å². The number of aromatic nitrogens is 4. The number of benzene rings is 2. The minimum Gasteiger partial charge on any atom is -0.295 e. The fourth-order valence-electron chi connectivity index (χ4n) is 2.87. The summed E-state index contributed by atoms with van der Waals surface area (Å²) >= 11 is 1.10. The van der Waals surface area contributed by atoms with Gasteiger partial charge in [-0.1, -0.05) is 41.7 Å². The normalized spacial score (nSPS) is 10.8. The Bertz CT molecular complexity index is 1230. The minimum absolute atomic E-state index is 0.0577. The molecule has 0 aliphatic heterocycles. The number of anilines is 1. The Labute approximate surface area is 175 Å². The standard InChI is InChI=1S/C21H16FN5O2S/c1-12(28)18-17(14-6-4-3-5-7-14)24-21(30-18)25-20(29)19-23-13(2)27(26-19)16-10-8-15(22)9-11-16/h3-11H,1-2H3,(H,24,25,29). The molecule has 0 aliphatic carbocycles. The zero-order valence-electron chi connectivity index (χ0n) is 16.1. The van der Waals surface area contributed by atoms with E-state index in [0.29, 0.717) is 22.1 Å². The molecule has 150 valence electrons. The van der Waals surface area contributed by atoms with Crippen molar-refractivity contribution in [1.29, 1.82) is 0 Å². The lowest BCUT2D eigenvalue weighted by atomic mass is 10.1. The fraction of sp³-hybridized carbons (Fsp3) is 0.0952. The van der Waals surface area contributed by atoms with E-state index in [1.165, 1.54) is 23.7 Å². The van der Waals surface area contributed by atoms with E-state index in [9.17, 15) is 14.0 Å². The van der Waals surface area contributed by atoms with Crippen molar-refractivity contribution in [2.75, 3.05) is 5.32 Å². The Balaban J connectivity index is 1.61. The molecule has 0 atom stereocenters. The van der Waals surface area contributed by atoms with E-state index in [2.05, 4.69) is 20.4 Å². The predicted octanol–water partition coefficient (Wildman–Crippen LogP) is 4.29. The number of hydrogen-bond acceptors (Lipinski definition) is 6. The molecule has 0 unspecified atom stereocenters. The van der Waals surface area contributed by atoms with Gasteiger partial charge in [0, 0.05) is 12.5 Å². The van der Waals surface area contributed by atoms with E-state index in [0.717, 1.165) is 16.9 Å². The van der Waals surface area contributed by atoms with Gasteiger partial charge in [-0.25, -0.2) is 19.0 Å². The van der Waals surface area contributed by atoms with Gasteiger partial charge in [0.2, 0.25) is 5.82 Å². The van der Waals surface area contributed by atoms with Gasteiger partial charge in [-0.15, -0.1) is 5.10 Å². The second-order valence-electron chi connectivity index (χ2n) is 6.44. The van der Waals surface area contributed by atoms with Crippen molar-refractivity contribution in [3.63, 3.8) is 0 Å². The molecule has 4 rings (SSSR count). The summed E-state index contributed by atoms with van der Waals surface area (Å²) in [4.78, 5) is 33.8. The molecule has 7 nitrogen and oxygen atoms in total. The number of nitrogens with one attached hydrogen (secondary N) is 1. The second-order valence-corrected chi connectivity index (χ2v) is 7.44. The number of ketones is 1. The average Bonchev–Trinajstić information content (AvgIpc) is 3.33. The van der Waals surface area contributed by atoms with Gasteiger partial charge < -0.3 is 0 Å². The number of aryl methyl sites for hydroxylation is 1. The monoisotopic (exact) mass is 421 g/mol. The summed E-state index contributed by atoms with van der Waals surface area (Å²) in [5.74, 6) is -0.643. The molecule has 9 heteroatoms. The molecule has 0 spiro atoms. The van der Waals surface area contributed by atoms with Gasteiger partial charge in [0.1, 0.15) is 11.6 Å². The smallest absolute Gasteiger partial charge is 0.295 e. The Kier molecular flexibility index (Phi) is 5.20. The molecule has 0 aliphatic rings. The molecule has 0 saturated heterocycles. The summed E-state index contributed by atoms with van der Waals surface area (Å²) in [5.41, 5.74) is 1.89. The number of halogens is 1. The lowest BCUT2D eigenvalue weighted by Gasteiger charge is -2.01. The Morgan fingerprint density at radius 2 is 1.73 bits per heavy atom. The van der Waals surface area contributed by atoms with Crippen LogP contribution in [0.5, 0.6) is 0 Å². The maximum Gasteiger partial charge on any atom is 0.297 e. The van der Waals surface area contributed by atoms with Crippen LogP contribution in [0.3, 0.4) is 0 Å². The number of carbonyl (C=O) groups is 2. The van der Waals surface area contributed by atoms with Gasteiger partial charge >= 0.3 is 0 Å². The first kappa shape index (κ1) is 19.6. The summed E-state index contributed by atoms with van der Waals surface area (Å²) < 4.78 is 14.6. The molecule has 2 heterocycles.